The van der Waals surface area contributed by atoms with E-state index in [1.807, 2.05) is 0 Å². The molecule has 1 rings (SSSR count). The molecule has 0 aliphatic rings. The summed E-state index contributed by atoms with van der Waals surface area (Å²) in [4.78, 5) is 11.3. The molecule has 7 heteroatoms. The van der Waals surface area contributed by atoms with E-state index in [4.69, 9.17) is 5.73 Å². The van der Waals surface area contributed by atoms with Gasteiger partial charge in [0.05, 0.1) is 0 Å². The van der Waals surface area contributed by atoms with Crippen molar-refractivity contribution in [2.75, 3.05) is 11.9 Å². The molecule has 17 heavy (non-hydrogen) atoms. The van der Waals surface area contributed by atoms with Gasteiger partial charge in [0.2, 0.25) is 11.0 Å². The number of halogens is 1. The second kappa shape index (κ2) is 8.38. The summed E-state index contributed by atoms with van der Waals surface area (Å²) in [7, 11) is 0. The minimum Gasteiger partial charge on any atom is -0.330 e. The Morgan fingerprint density at radius 1 is 1.41 bits per heavy atom. The first-order valence-electron chi connectivity index (χ1n) is 5.54. The molecule has 0 bridgehead atoms. The third-order valence-electron chi connectivity index (χ3n) is 2.39. The van der Waals surface area contributed by atoms with Crippen molar-refractivity contribution in [1.82, 2.24) is 10.2 Å². The van der Waals surface area contributed by atoms with E-state index in [1.54, 1.807) is 0 Å². The molecule has 98 valence electrons. The molecule has 0 atom stereocenters. The van der Waals surface area contributed by atoms with E-state index < -0.39 is 0 Å². The van der Waals surface area contributed by atoms with Gasteiger partial charge in [-0.25, -0.2) is 0 Å². The number of amides is 1. The molecule has 0 spiro atoms. The summed E-state index contributed by atoms with van der Waals surface area (Å²) in [5.74, 6) is 0.340. The molecule has 0 fully saturated rings. The fraction of sp³-hybridized carbons (Fsp3) is 0.700. The van der Waals surface area contributed by atoms with Gasteiger partial charge in [0.1, 0.15) is 5.01 Å². The maximum absolute atomic E-state index is 11.3. The molecule has 0 aliphatic heterocycles. The van der Waals surface area contributed by atoms with Crippen LogP contribution in [0.3, 0.4) is 0 Å². The predicted octanol–water partition coefficient (Wildman–Crippen LogP) is 2.15. The number of hydrogen-bond acceptors (Lipinski definition) is 5. The fourth-order valence-corrected chi connectivity index (χ4v) is 2.43. The molecular weight excluding hydrogens is 260 g/mol. The first-order chi connectivity index (χ1) is 7.71. The van der Waals surface area contributed by atoms with Gasteiger partial charge in [-0.05, 0) is 12.8 Å². The van der Waals surface area contributed by atoms with Crippen LogP contribution in [0.5, 0.6) is 0 Å². The summed E-state index contributed by atoms with van der Waals surface area (Å²) in [5, 5.41) is 12.3. The third kappa shape index (κ3) is 4.97. The molecule has 1 aromatic rings. The van der Waals surface area contributed by atoms with Crippen molar-refractivity contribution in [3.8, 4) is 0 Å². The molecule has 0 radical (unpaired) electrons. The fourth-order valence-electron chi connectivity index (χ4n) is 1.40. The number of nitrogens with one attached hydrogen (secondary N) is 1. The van der Waals surface area contributed by atoms with Crippen LogP contribution in [-0.2, 0) is 4.79 Å². The number of aromatic nitrogens is 2. The van der Waals surface area contributed by atoms with Crippen LogP contribution in [-0.4, -0.2) is 22.6 Å². The van der Waals surface area contributed by atoms with Crippen LogP contribution in [0.25, 0.3) is 0 Å². The summed E-state index contributed by atoms with van der Waals surface area (Å²) in [6.07, 6.45) is 2.41. The molecule has 3 N–H and O–H groups in total. The lowest BCUT2D eigenvalue weighted by Crippen LogP contribution is -2.15. The smallest absolute Gasteiger partial charge is 0.227 e. The lowest BCUT2D eigenvalue weighted by atomic mass is 10.1. The van der Waals surface area contributed by atoms with E-state index in [0.29, 0.717) is 24.0 Å². The van der Waals surface area contributed by atoms with E-state index >= 15 is 0 Å². The lowest BCUT2D eigenvalue weighted by molar-refractivity contribution is -0.116. The van der Waals surface area contributed by atoms with Crippen molar-refractivity contribution in [3.05, 3.63) is 5.01 Å². The van der Waals surface area contributed by atoms with Gasteiger partial charge in [-0.15, -0.1) is 22.6 Å². The van der Waals surface area contributed by atoms with Gasteiger partial charge in [-0.3, -0.25) is 4.79 Å². The Hall–Kier alpha value is -0.720. The van der Waals surface area contributed by atoms with Crippen LogP contribution in [0.4, 0.5) is 5.13 Å². The van der Waals surface area contributed by atoms with Gasteiger partial charge in [-0.2, -0.15) is 0 Å². The summed E-state index contributed by atoms with van der Waals surface area (Å²) in [6, 6.07) is 0. The molecular formula is C10H19ClN4OS. The molecule has 1 amide bonds. The van der Waals surface area contributed by atoms with Crippen LogP contribution < -0.4 is 11.1 Å². The number of nitrogens with zero attached hydrogens (tertiary/aromatic N) is 2. The van der Waals surface area contributed by atoms with Crippen molar-refractivity contribution in [2.45, 2.75) is 39.0 Å². The number of nitrogens with two attached hydrogens (primary N) is 1. The number of carbonyl (C=O) groups excluding carboxylic acids is 1. The van der Waals surface area contributed by atoms with Crippen molar-refractivity contribution < 1.29 is 4.79 Å². The van der Waals surface area contributed by atoms with E-state index in [-0.39, 0.29) is 18.3 Å². The predicted molar refractivity (Wildman–Crippen MR) is 72.8 cm³/mol. The largest absolute Gasteiger partial charge is 0.330 e. The lowest BCUT2D eigenvalue weighted by Gasteiger charge is -2.05. The number of carbonyl (C=O) groups is 1. The van der Waals surface area contributed by atoms with Crippen molar-refractivity contribution in [1.29, 1.82) is 0 Å². The Morgan fingerprint density at radius 3 is 2.59 bits per heavy atom. The third-order valence-corrected chi connectivity index (χ3v) is 3.39. The van der Waals surface area contributed by atoms with Gasteiger partial charge >= 0.3 is 0 Å². The molecule has 1 aromatic heterocycles. The number of rotatable bonds is 6. The summed E-state index contributed by atoms with van der Waals surface area (Å²) in [6.45, 7) is 4.61. The first kappa shape index (κ1) is 16.3. The van der Waals surface area contributed by atoms with Crippen LogP contribution in [0.1, 0.15) is 44.0 Å². The maximum Gasteiger partial charge on any atom is 0.227 e. The van der Waals surface area contributed by atoms with Gasteiger partial charge in [-0.1, -0.05) is 25.2 Å². The van der Waals surface area contributed by atoms with Gasteiger partial charge in [0.15, 0.2) is 0 Å². The average molecular weight is 279 g/mol. The summed E-state index contributed by atoms with van der Waals surface area (Å²) < 4.78 is 0. The van der Waals surface area contributed by atoms with Crippen LogP contribution >= 0.6 is 23.7 Å². The maximum atomic E-state index is 11.3. The van der Waals surface area contributed by atoms with Crippen LogP contribution in [0.15, 0.2) is 0 Å². The van der Waals surface area contributed by atoms with E-state index in [9.17, 15) is 4.79 Å². The van der Waals surface area contributed by atoms with E-state index in [2.05, 4.69) is 29.4 Å². The molecule has 0 aliphatic carbocycles. The van der Waals surface area contributed by atoms with Crippen molar-refractivity contribution in [2.24, 2.45) is 5.73 Å². The minimum atomic E-state index is -0.102. The molecule has 0 saturated heterocycles. The van der Waals surface area contributed by atoms with Gasteiger partial charge in [0, 0.05) is 18.9 Å². The Balaban J connectivity index is 0.00000256. The van der Waals surface area contributed by atoms with E-state index in [0.717, 1.165) is 17.8 Å². The Bertz CT molecular complexity index is 341. The summed E-state index contributed by atoms with van der Waals surface area (Å²) in [5.41, 5.74) is 5.29. The summed E-state index contributed by atoms with van der Waals surface area (Å²) >= 11 is 1.45. The zero-order chi connectivity index (χ0) is 12.0. The van der Waals surface area contributed by atoms with Gasteiger partial charge < -0.3 is 11.1 Å². The van der Waals surface area contributed by atoms with Crippen LogP contribution in [0, 0.1) is 0 Å². The second-order valence-corrected chi connectivity index (χ2v) is 4.55. The SMILES string of the molecule is CCC(CC)c1nnc(NC(=O)CCN)s1.Cl. The highest BCUT2D eigenvalue weighted by Gasteiger charge is 2.14. The average Bonchev–Trinajstić information content (AvgIpc) is 2.68. The zero-order valence-electron chi connectivity index (χ0n) is 10.1. The normalized spacial score (nSPS) is 10.1. The standard InChI is InChI=1S/C10H18N4OS.ClH/c1-3-7(4-2)9-13-14-10(16-9)12-8(15)5-6-11;/h7H,3-6,11H2,1-2H3,(H,12,14,15);1H. The van der Waals surface area contributed by atoms with Crippen LogP contribution in [0.2, 0.25) is 0 Å². The molecule has 1 heterocycles. The molecule has 0 unspecified atom stereocenters. The van der Waals surface area contributed by atoms with Crippen molar-refractivity contribution >= 4 is 34.8 Å². The number of anilines is 1. The monoisotopic (exact) mass is 278 g/mol. The number of hydrogen-bond donors (Lipinski definition) is 2. The van der Waals surface area contributed by atoms with Gasteiger partial charge in [0.25, 0.3) is 0 Å². The Labute approximate surface area is 112 Å². The quantitative estimate of drug-likeness (QED) is 0.835. The first-order valence-corrected chi connectivity index (χ1v) is 6.36. The molecule has 5 nitrogen and oxygen atoms in total. The zero-order valence-corrected chi connectivity index (χ0v) is 11.7. The highest BCUT2D eigenvalue weighted by atomic mass is 35.5. The Kier molecular flexibility index (Phi) is 8.03. The molecule has 0 aromatic carbocycles. The highest BCUT2D eigenvalue weighted by Crippen LogP contribution is 2.27. The molecule has 0 saturated carbocycles. The van der Waals surface area contributed by atoms with Crippen molar-refractivity contribution in [3.63, 3.8) is 0 Å². The Morgan fingerprint density at radius 2 is 2.06 bits per heavy atom. The topological polar surface area (TPSA) is 80.9 Å². The van der Waals surface area contributed by atoms with E-state index in [1.165, 1.54) is 11.3 Å². The minimum absolute atomic E-state index is 0. The highest BCUT2D eigenvalue weighted by molar-refractivity contribution is 7.15. The second-order valence-electron chi connectivity index (χ2n) is 3.55.